The maximum Gasteiger partial charge on any atom is 0.107 e. The lowest BCUT2D eigenvalue weighted by atomic mass is 9.97. The molecule has 54 valence electrons. The summed E-state index contributed by atoms with van der Waals surface area (Å²) in [5, 5.41) is 3.69. The zero-order valence-electron chi connectivity index (χ0n) is 6.50. The molecule has 0 amide bonds. The lowest BCUT2D eigenvalue weighted by Gasteiger charge is -1.90. The molecule has 0 spiro atoms. The average molecular weight is 160 g/mol. The molecule has 2 aromatic rings. The van der Waals surface area contributed by atoms with Crippen molar-refractivity contribution in [2.24, 2.45) is 0 Å². The first-order valence-electron chi connectivity index (χ1n) is 3.87. The minimum Gasteiger partial charge on any atom is -0.144 e. The van der Waals surface area contributed by atoms with Gasteiger partial charge >= 0.3 is 0 Å². The first kappa shape index (κ1) is 6.92. The Balaban J connectivity index is 2.76. The van der Waals surface area contributed by atoms with E-state index in [4.69, 9.17) is 0 Å². The Kier molecular flexibility index (Phi) is 1.70. The lowest BCUT2D eigenvalue weighted by molar-refractivity contribution is 1.49. The van der Waals surface area contributed by atoms with Crippen LogP contribution >= 0.6 is 11.3 Å². The van der Waals surface area contributed by atoms with E-state index in [1.54, 1.807) is 0 Å². The van der Waals surface area contributed by atoms with Crippen LogP contribution in [0.3, 0.4) is 0 Å². The van der Waals surface area contributed by atoms with Crippen LogP contribution in [0.25, 0.3) is 10.1 Å². The van der Waals surface area contributed by atoms with Gasteiger partial charge < -0.3 is 0 Å². The molecule has 0 N–H and O–H groups in total. The predicted molar refractivity (Wildman–Crippen MR) is 54.1 cm³/mol. The molecule has 2 heteroatoms. The first-order valence-corrected chi connectivity index (χ1v) is 4.75. The molecule has 0 bridgehead atoms. The van der Waals surface area contributed by atoms with Crippen molar-refractivity contribution >= 4 is 29.3 Å². The Morgan fingerprint density at radius 3 is 2.91 bits per heavy atom. The first-order chi connectivity index (χ1) is 5.42. The van der Waals surface area contributed by atoms with E-state index in [9.17, 15) is 0 Å². The molecule has 0 saturated heterocycles. The van der Waals surface area contributed by atoms with Crippen LogP contribution < -0.4 is 0 Å². The van der Waals surface area contributed by atoms with Crippen LogP contribution in [-0.2, 0) is 6.32 Å². The second kappa shape index (κ2) is 2.70. The summed E-state index contributed by atoms with van der Waals surface area (Å²) in [5.74, 6) is 0. The Morgan fingerprint density at radius 2 is 2.09 bits per heavy atom. The molecule has 1 heterocycles. The monoisotopic (exact) mass is 160 g/mol. The van der Waals surface area contributed by atoms with Crippen LogP contribution in [0.5, 0.6) is 0 Å². The van der Waals surface area contributed by atoms with E-state index in [1.807, 2.05) is 11.3 Å². The number of hydrogen-bond donors (Lipinski definition) is 0. The Morgan fingerprint density at radius 1 is 1.27 bits per heavy atom. The van der Waals surface area contributed by atoms with Crippen molar-refractivity contribution in [3.63, 3.8) is 0 Å². The zero-order chi connectivity index (χ0) is 7.68. The molecule has 0 aliphatic rings. The fraction of sp³-hybridized carbons (Fsp3) is 0.111. The van der Waals surface area contributed by atoms with Crippen LogP contribution in [0.15, 0.2) is 29.6 Å². The second-order valence-corrected chi connectivity index (χ2v) is 3.52. The van der Waals surface area contributed by atoms with Gasteiger partial charge in [0, 0.05) is 4.70 Å². The fourth-order valence-electron chi connectivity index (χ4n) is 1.31. The van der Waals surface area contributed by atoms with E-state index in [0.29, 0.717) is 0 Å². The molecule has 1 aromatic carbocycles. The summed E-state index contributed by atoms with van der Waals surface area (Å²) in [6.07, 6.45) is 1.14. The van der Waals surface area contributed by atoms with Crippen molar-refractivity contribution in [2.75, 3.05) is 0 Å². The van der Waals surface area contributed by atoms with Crippen molar-refractivity contribution in [1.29, 1.82) is 0 Å². The van der Waals surface area contributed by atoms with Gasteiger partial charge in [-0.2, -0.15) is 0 Å². The van der Waals surface area contributed by atoms with Gasteiger partial charge in [-0.1, -0.05) is 24.5 Å². The number of thiophene rings is 1. The summed E-state index contributed by atoms with van der Waals surface area (Å²) in [5.41, 5.74) is 1.48. The molecule has 1 aromatic heterocycles. The van der Waals surface area contributed by atoms with Crippen LogP contribution in [0, 0.1) is 0 Å². The summed E-state index contributed by atoms with van der Waals surface area (Å²) < 4.78 is 1.41. The number of benzene rings is 1. The van der Waals surface area contributed by atoms with E-state index >= 15 is 0 Å². The molecule has 0 unspecified atom stereocenters. The van der Waals surface area contributed by atoms with Crippen molar-refractivity contribution in [3.8, 4) is 0 Å². The second-order valence-electron chi connectivity index (χ2n) is 2.61. The van der Waals surface area contributed by atoms with Crippen LogP contribution in [0.4, 0.5) is 0 Å². The SMILES string of the molecule is BCc1csc2ccccc12. The van der Waals surface area contributed by atoms with Gasteiger partial charge in [-0.3, -0.25) is 0 Å². The quantitative estimate of drug-likeness (QED) is 0.560. The maximum absolute atomic E-state index is 2.25. The van der Waals surface area contributed by atoms with Crippen molar-refractivity contribution in [3.05, 3.63) is 35.2 Å². The van der Waals surface area contributed by atoms with E-state index in [1.165, 1.54) is 15.6 Å². The highest BCUT2D eigenvalue weighted by atomic mass is 32.1. The summed E-state index contributed by atoms with van der Waals surface area (Å²) in [6.45, 7) is 0. The average Bonchev–Trinajstić information content (AvgIpc) is 2.47. The summed E-state index contributed by atoms with van der Waals surface area (Å²) in [4.78, 5) is 0. The third-order valence-corrected chi connectivity index (χ3v) is 2.95. The highest BCUT2D eigenvalue weighted by Crippen LogP contribution is 2.24. The molecule has 0 fully saturated rings. The van der Waals surface area contributed by atoms with Crippen molar-refractivity contribution in [1.82, 2.24) is 0 Å². The largest absolute Gasteiger partial charge is 0.144 e. The van der Waals surface area contributed by atoms with Gasteiger partial charge in [-0.05, 0) is 22.4 Å². The molecule has 0 aliphatic heterocycles. The Labute approximate surface area is 71.3 Å². The van der Waals surface area contributed by atoms with Crippen LogP contribution in [-0.4, -0.2) is 7.85 Å². The standard InChI is InChI=1S/C9H9BS/c10-5-7-6-11-9-4-2-1-3-8(7)9/h1-4,6H,5,10H2. The lowest BCUT2D eigenvalue weighted by Crippen LogP contribution is -1.78. The smallest absolute Gasteiger partial charge is 0.107 e. The molecule has 0 aliphatic carbocycles. The Hall–Kier alpha value is -0.755. The summed E-state index contributed by atoms with van der Waals surface area (Å²) in [7, 11) is 2.20. The van der Waals surface area contributed by atoms with Gasteiger partial charge in [0.2, 0.25) is 0 Å². The topological polar surface area (TPSA) is 0 Å². The molecule has 0 nitrogen and oxygen atoms in total. The fourth-order valence-corrected chi connectivity index (χ4v) is 2.35. The molecule has 11 heavy (non-hydrogen) atoms. The molecule has 0 saturated carbocycles. The van der Waals surface area contributed by atoms with Crippen LogP contribution in [0.2, 0.25) is 0 Å². The minimum absolute atomic E-state index is 1.14. The molecular weight excluding hydrogens is 151 g/mol. The molecule has 0 radical (unpaired) electrons. The van der Waals surface area contributed by atoms with E-state index < -0.39 is 0 Å². The minimum atomic E-state index is 1.14. The summed E-state index contributed by atoms with van der Waals surface area (Å²) >= 11 is 1.84. The third-order valence-electron chi connectivity index (χ3n) is 1.94. The van der Waals surface area contributed by atoms with Gasteiger partial charge in [0.1, 0.15) is 7.85 Å². The van der Waals surface area contributed by atoms with Crippen molar-refractivity contribution < 1.29 is 0 Å². The molecular formula is C9H9BS. The molecule has 0 atom stereocenters. The number of hydrogen-bond acceptors (Lipinski definition) is 1. The number of rotatable bonds is 1. The van der Waals surface area contributed by atoms with Gasteiger partial charge in [0.05, 0.1) is 0 Å². The third kappa shape index (κ3) is 1.08. The van der Waals surface area contributed by atoms with E-state index in [2.05, 4.69) is 37.5 Å². The van der Waals surface area contributed by atoms with Crippen LogP contribution in [0.1, 0.15) is 5.56 Å². The predicted octanol–water partition coefficient (Wildman–Crippen LogP) is 2.03. The highest BCUT2D eigenvalue weighted by molar-refractivity contribution is 7.17. The van der Waals surface area contributed by atoms with Crippen molar-refractivity contribution in [2.45, 2.75) is 6.32 Å². The van der Waals surface area contributed by atoms with Gasteiger partial charge in [-0.15, -0.1) is 11.3 Å². The van der Waals surface area contributed by atoms with E-state index in [-0.39, 0.29) is 0 Å². The maximum atomic E-state index is 2.25. The summed E-state index contributed by atoms with van der Waals surface area (Å²) in [6, 6.07) is 8.58. The normalized spacial score (nSPS) is 10.5. The zero-order valence-corrected chi connectivity index (χ0v) is 7.32. The van der Waals surface area contributed by atoms with Gasteiger partial charge in [-0.25, -0.2) is 0 Å². The van der Waals surface area contributed by atoms with Gasteiger partial charge in [0.25, 0.3) is 0 Å². The number of fused-ring (bicyclic) bond motifs is 1. The highest BCUT2D eigenvalue weighted by Gasteiger charge is 1.98. The molecule has 2 rings (SSSR count). The Bertz CT molecular complexity index is 364. The van der Waals surface area contributed by atoms with Gasteiger partial charge in [0.15, 0.2) is 0 Å². The van der Waals surface area contributed by atoms with E-state index in [0.717, 1.165) is 6.32 Å².